The van der Waals surface area contributed by atoms with Crippen molar-refractivity contribution in [2.45, 2.75) is 354 Å². The summed E-state index contributed by atoms with van der Waals surface area (Å²) >= 11 is 0. The molecular weight excluding hydrogens is 815 g/mol. The lowest BCUT2D eigenvalue weighted by Crippen LogP contribution is -2.46. The first-order valence-electron chi connectivity index (χ1n) is 29.9. The third-order valence-corrected chi connectivity index (χ3v) is 14.1. The molecule has 3 atom stereocenters. The Morgan fingerprint density at radius 3 is 1.08 bits per heavy atom. The van der Waals surface area contributed by atoms with E-state index in [2.05, 4.69) is 38.2 Å². The van der Waals surface area contributed by atoms with Crippen molar-refractivity contribution >= 4 is 11.9 Å². The Morgan fingerprint density at radius 1 is 0.424 bits per heavy atom. The van der Waals surface area contributed by atoms with Crippen molar-refractivity contribution in [3.05, 3.63) is 12.2 Å². The van der Waals surface area contributed by atoms with E-state index in [-0.39, 0.29) is 24.9 Å². The summed E-state index contributed by atoms with van der Waals surface area (Å²) in [5.74, 6) is -0.453. The number of hydrogen-bond acceptors (Lipinski definition) is 5. The van der Waals surface area contributed by atoms with Crippen LogP contribution in [0.3, 0.4) is 0 Å². The van der Waals surface area contributed by atoms with Gasteiger partial charge in [0.25, 0.3) is 0 Å². The second-order valence-corrected chi connectivity index (χ2v) is 20.8. The Balaban J connectivity index is 4.51. The minimum atomic E-state index is -0.784. The summed E-state index contributed by atoms with van der Waals surface area (Å²) in [7, 11) is 0. The van der Waals surface area contributed by atoms with Gasteiger partial charge in [-0.1, -0.05) is 283 Å². The van der Waals surface area contributed by atoms with Gasteiger partial charge in [-0.3, -0.25) is 9.59 Å². The zero-order chi connectivity index (χ0) is 48.1. The van der Waals surface area contributed by atoms with Crippen LogP contribution in [0.1, 0.15) is 335 Å². The van der Waals surface area contributed by atoms with E-state index >= 15 is 0 Å². The van der Waals surface area contributed by atoms with Crippen LogP contribution in [0.15, 0.2) is 12.2 Å². The predicted molar refractivity (Wildman–Crippen MR) is 287 cm³/mol. The molecule has 0 spiro atoms. The molecule has 3 unspecified atom stereocenters. The first-order valence-corrected chi connectivity index (χ1v) is 29.9. The molecule has 0 aliphatic carbocycles. The number of nitrogens with one attached hydrogen (secondary N) is 1. The number of ether oxygens (including phenoxy) is 1. The molecule has 0 saturated heterocycles. The monoisotopic (exact) mass is 932 g/mol. The van der Waals surface area contributed by atoms with Crippen LogP contribution in [0.4, 0.5) is 0 Å². The summed E-state index contributed by atoms with van der Waals surface area (Å²) in [6.07, 6.45) is 62.8. The Kier molecular flexibility index (Phi) is 53.4. The average Bonchev–Trinajstić information content (AvgIpc) is 3.31. The lowest BCUT2D eigenvalue weighted by molar-refractivity contribution is -0.151. The van der Waals surface area contributed by atoms with Crippen molar-refractivity contribution in [1.82, 2.24) is 5.32 Å². The van der Waals surface area contributed by atoms with Crippen molar-refractivity contribution in [1.29, 1.82) is 0 Å². The molecule has 0 rings (SSSR count). The number of esters is 1. The molecule has 3 N–H and O–H groups in total. The highest BCUT2D eigenvalue weighted by Gasteiger charge is 2.24. The van der Waals surface area contributed by atoms with Crippen LogP contribution in [0.2, 0.25) is 0 Å². The first kappa shape index (κ1) is 64.6. The van der Waals surface area contributed by atoms with Gasteiger partial charge >= 0.3 is 5.97 Å². The van der Waals surface area contributed by atoms with Gasteiger partial charge in [0.15, 0.2) is 0 Å². The number of aliphatic hydroxyl groups excluding tert-OH is 2. The third-order valence-electron chi connectivity index (χ3n) is 14.1. The summed E-state index contributed by atoms with van der Waals surface area (Å²) in [5, 5.41) is 23.9. The molecule has 0 aliphatic heterocycles. The van der Waals surface area contributed by atoms with Gasteiger partial charge in [0, 0.05) is 6.42 Å². The predicted octanol–water partition coefficient (Wildman–Crippen LogP) is 18.5. The highest BCUT2D eigenvalue weighted by molar-refractivity contribution is 5.77. The Morgan fingerprint density at radius 2 is 0.727 bits per heavy atom. The van der Waals surface area contributed by atoms with E-state index in [0.717, 1.165) is 51.4 Å². The van der Waals surface area contributed by atoms with Gasteiger partial charge in [0.1, 0.15) is 6.10 Å². The van der Waals surface area contributed by atoms with E-state index in [9.17, 15) is 19.8 Å². The van der Waals surface area contributed by atoms with E-state index in [0.29, 0.717) is 19.3 Å². The molecule has 0 aromatic heterocycles. The van der Waals surface area contributed by atoms with Gasteiger partial charge < -0.3 is 20.3 Å². The quantitative estimate of drug-likeness (QED) is 0.0321. The normalized spacial score (nSPS) is 13.1. The van der Waals surface area contributed by atoms with E-state index in [1.807, 2.05) is 0 Å². The lowest BCUT2D eigenvalue weighted by atomic mass is 10.0. The van der Waals surface area contributed by atoms with Crippen LogP contribution in [-0.2, 0) is 14.3 Å². The second-order valence-electron chi connectivity index (χ2n) is 20.8. The molecule has 0 radical (unpaired) electrons. The van der Waals surface area contributed by atoms with Crippen LogP contribution in [0, 0.1) is 0 Å². The summed E-state index contributed by atoms with van der Waals surface area (Å²) in [4.78, 5) is 26.3. The molecule has 6 nitrogen and oxygen atoms in total. The fourth-order valence-corrected chi connectivity index (χ4v) is 9.55. The lowest BCUT2D eigenvalue weighted by Gasteiger charge is -2.24. The summed E-state index contributed by atoms with van der Waals surface area (Å²) < 4.78 is 5.97. The number of hydrogen-bond donors (Lipinski definition) is 3. The summed E-state index contributed by atoms with van der Waals surface area (Å²) in [6, 6.07) is -0.698. The van der Waals surface area contributed by atoms with Gasteiger partial charge in [0.05, 0.1) is 25.2 Å². The van der Waals surface area contributed by atoms with Gasteiger partial charge in [-0.2, -0.15) is 0 Å². The van der Waals surface area contributed by atoms with Crippen molar-refractivity contribution in [2.75, 3.05) is 6.61 Å². The third kappa shape index (κ3) is 49.0. The van der Waals surface area contributed by atoms with Crippen LogP contribution >= 0.6 is 0 Å². The maximum Gasteiger partial charge on any atom is 0.306 e. The number of carbonyl (C=O) groups is 2. The summed E-state index contributed by atoms with van der Waals surface area (Å²) in [6.45, 7) is 6.53. The SMILES string of the molecule is CCCCCCCC/C=C/CCCCCCCCCC(CC(=O)NC(CO)C(O)CCCCCCCCCCCCCCCCC)OC(=O)CCCCCCCCCCCCCCCCC. The van der Waals surface area contributed by atoms with Crippen LogP contribution in [0.5, 0.6) is 0 Å². The molecule has 0 heterocycles. The van der Waals surface area contributed by atoms with Crippen molar-refractivity contribution in [3.63, 3.8) is 0 Å². The standard InChI is InChI=1S/C60H117NO5/c1-4-7-10-13-16-19-22-25-28-29-32-33-36-39-42-45-48-51-56(66-60(65)53-50-47-44-41-38-35-31-27-24-21-18-15-12-9-6-3)54-59(64)61-57(55-62)58(63)52-49-46-43-40-37-34-30-26-23-20-17-14-11-8-5-2/h25,28,56-58,62-63H,4-24,26-27,29-55H2,1-3H3,(H,61,64)/b28-25+. The fourth-order valence-electron chi connectivity index (χ4n) is 9.55. The molecule has 392 valence electrons. The van der Waals surface area contributed by atoms with E-state index in [1.54, 1.807) is 0 Å². The number of rotatable bonds is 55. The highest BCUT2D eigenvalue weighted by Crippen LogP contribution is 2.19. The zero-order valence-electron chi connectivity index (χ0n) is 44.9. The minimum absolute atomic E-state index is 0.0825. The molecule has 0 aromatic rings. The summed E-state index contributed by atoms with van der Waals surface area (Å²) in [5.41, 5.74) is 0. The zero-order valence-corrected chi connectivity index (χ0v) is 44.9. The Hall–Kier alpha value is -1.40. The molecule has 0 fully saturated rings. The van der Waals surface area contributed by atoms with Gasteiger partial charge in [-0.05, 0) is 51.4 Å². The van der Waals surface area contributed by atoms with Crippen molar-refractivity contribution < 1.29 is 24.5 Å². The van der Waals surface area contributed by atoms with Gasteiger partial charge in [-0.15, -0.1) is 0 Å². The molecule has 6 heteroatoms. The second kappa shape index (κ2) is 54.5. The minimum Gasteiger partial charge on any atom is -0.462 e. The molecule has 1 amide bonds. The Labute approximate surface area is 412 Å². The molecule has 0 bridgehead atoms. The van der Waals surface area contributed by atoms with Gasteiger partial charge in [0.2, 0.25) is 5.91 Å². The van der Waals surface area contributed by atoms with Crippen molar-refractivity contribution in [3.8, 4) is 0 Å². The van der Waals surface area contributed by atoms with Gasteiger partial charge in [-0.25, -0.2) is 0 Å². The largest absolute Gasteiger partial charge is 0.462 e. The molecular formula is C60H117NO5. The topological polar surface area (TPSA) is 95.9 Å². The van der Waals surface area contributed by atoms with Crippen molar-refractivity contribution in [2.24, 2.45) is 0 Å². The van der Waals surface area contributed by atoms with Crippen LogP contribution < -0.4 is 5.32 Å². The number of unbranched alkanes of at least 4 members (excludes halogenated alkanes) is 41. The highest BCUT2D eigenvalue weighted by atomic mass is 16.5. The molecule has 66 heavy (non-hydrogen) atoms. The van der Waals surface area contributed by atoms with E-state index in [4.69, 9.17) is 4.74 Å². The van der Waals surface area contributed by atoms with Crippen LogP contribution in [-0.4, -0.2) is 46.9 Å². The molecule has 0 aromatic carbocycles. The van der Waals surface area contributed by atoms with E-state index in [1.165, 1.54) is 238 Å². The maximum atomic E-state index is 13.3. The number of carbonyl (C=O) groups excluding carboxylic acids is 2. The fraction of sp³-hybridized carbons (Fsp3) is 0.933. The Bertz CT molecular complexity index is 1000. The molecule has 0 aliphatic rings. The van der Waals surface area contributed by atoms with Crippen LogP contribution in [0.25, 0.3) is 0 Å². The van der Waals surface area contributed by atoms with E-state index < -0.39 is 18.2 Å². The maximum absolute atomic E-state index is 13.3. The number of allylic oxidation sites excluding steroid dienone is 2. The first-order chi connectivity index (χ1) is 32.5. The smallest absolute Gasteiger partial charge is 0.306 e. The number of aliphatic hydroxyl groups is 2. The average molecular weight is 933 g/mol. The molecule has 0 saturated carbocycles. The number of amides is 1.